The molecular formula is C14H31N3O. The van der Waals surface area contributed by atoms with Crippen LogP contribution in [-0.2, 0) is 4.79 Å². The highest BCUT2D eigenvalue weighted by Crippen LogP contribution is 2.04. The molecule has 0 saturated heterocycles. The molecule has 1 unspecified atom stereocenters. The molecule has 0 aromatic heterocycles. The van der Waals surface area contributed by atoms with Gasteiger partial charge in [0.1, 0.15) is 6.17 Å². The zero-order valence-corrected chi connectivity index (χ0v) is 12.6. The molecule has 0 aliphatic heterocycles. The largest absolute Gasteiger partial charge is 0.357 e. The van der Waals surface area contributed by atoms with Gasteiger partial charge in [0.25, 0.3) is 5.91 Å². The van der Waals surface area contributed by atoms with Gasteiger partial charge in [-0.05, 0) is 25.8 Å². The van der Waals surface area contributed by atoms with Crippen molar-refractivity contribution in [1.29, 1.82) is 0 Å². The zero-order valence-electron chi connectivity index (χ0n) is 12.6. The van der Waals surface area contributed by atoms with E-state index in [2.05, 4.69) is 36.3 Å². The monoisotopic (exact) mass is 257 g/mol. The van der Waals surface area contributed by atoms with Gasteiger partial charge in [-0.3, -0.25) is 15.0 Å². The molecule has 2 N–H and O–H groups in total. The Kier molecular flexibility index (Phi) is 11.1. The molecule has 4 heteroatoms. The second kappa shape index (κ2) is 11.5. The van der Waals surface area contributed by atoms with Crippen molar-refractivity contribution in [3.8, 4) is 0 Å². The van der Waals surface area contributed by atoms with Crippen molar-refractivity contribution in [2.45, 2.75) is 59.0 Å². The third-order valence-electron chi connectivity index (χ3n) is 3.05. The summed E-state index contributed by atoms with van der Waals surface area (Å²) in [5.41, 5.74) is 0. The Morgan fingerprint density at radius 2 is 1.61 bits per heavy atom. The smallest absolute Gasteiger partial charge is 0.251 e. The van der Waals surface area contributed by atoms with Crippen molar-refractivity contribution in [1.82, 2.24) is 15.5 Å². The predicted molar refractivity (Wildman–Crippen MR) is 77.5 cm³/mol. The molecule has 0 aromatic carbocycles. The molecule has 18 heavy (non-hydrogen) atoms. The highest BCUT2D eigenvalue weighted by Gasteiger charge is 2.23. The van der Waals surface area contributed by atoms with E-state index in [9.17, 15) is 4.79 Å². The average Bonchev–Trinajstić information content (AvgIpc) is 2.40. The summed E-state index contributed by atoms with van der Waals surface area (Å²) in [6.07, 6.45) is 5.49. The average molecular weight is 257 g/mol. The maximum Gasteiger partial charge on any atom is 0.251 e. The molecule has 0 spiro atoms. The lowest BCUT2D eigenvalue weighted by atomic mass is 10.2. The second-order valence-electron chi connectivity index (χ2n) is 4.71. The van der Waals surface area contributed by atoms with E-state index in [4.69, 9.17) is 0 Å². The van der Waals surface area contributed by atoms with Crippen LogP contribution in [0, 0.1) is 0 Å². The summed E-state index contributed by atoms with van der Waals surface area (Å²) < 4.78 is 0. The minimum Gasteiger partial charge on any atom is -0.357 e. The van der Waals surface area contributed by atoms with Gasteiger partial charge in [-0.2, -0.15) is 0 Å². The number of hydrogen-bond acceptors (Lipinski definition) is 3. The molecule has 0 fully saturated rings. The summed E-state index contributed by atoms with van der Waals surface area (Å²) >= 11 is 0. The number of nitrogens with one attached hydrogen (secondary N) is 2. The lowest BCUT2D eigenvalue weighted by Gasteiger charge is -2.31. The van der Waals surface area contributed by atoms with E-state index in [1.807, 2.05) is 0 Å². The Bertz CT molecular complexity index is 201. The summed E-state index contributed by atoms with van der Waals surface area (Å²) in [5, 5.41) is 6.12. The SMILES string of the molecule is CCCCN(CCCC)C(NCCC)C(=O)NC. The molecule has 0 saturated carbocycles. The quantitative estimate of drug-likeness (QED) is 0.556. The van der Waals surface area contributed by atoms with E-state index < -0.39 is 0 Å². The van der Waals surface area contributed by atoms with E-state index >= 15 is 0 Å². The highest BCUT2D eigenvalue weighted by molar-refractivity contribution is 5.81. The normalized spacial score (nSPS) is 12.7. The molecule has 108 valence electrons. The van der Waals surface area contributed by atoms with Crippen molar-refractivity contribution < 1.29 is 4.79 Å². The molecule has 0 rings (SSSR count). The van der Waals surface area contributed by atoms with Gasteiger partial charge in [-0.15, -0.1) is 0 Å². The van der Waals surface area contributed by atoms with E-state index in [1.165, 1.54) is 0 Å². The van der Waals surface area contributed by atoms with Gasteiger partial charge in [-0.1, -0.05) is 33.6 Å². The van der Waals surface area contributed by atoms with Gasteiger partial charge in [-0.25, -0.2) is 0 Å². The zero-order chi connectivity index (χ0) is 13.8. The van der Waals surface area contributed by atoms with Crippen LogP contribution in [0.25, 0.3) is 0 Å². The number of nitrogens with zero attached hydrogens (tertiary/aromatic N) is 1. The molecule has 0 aliphatic rings. The van der Waals surface area contributed by atoms with Crippen LogP contribution >= 0.6 is 0 Å². The lowest BCUT2D eigenvalue weighted by Crippen LogP contribution is -2.55. The minimum atomic E-state index is -0.173. The summed E-state index contributed by atoms with van der Waals surface area (Å²) in [6, 6.07) is 0. The first kappa shape index (κ1) is 17.4. The fourth-order valence-electron chi connectivity index (χ4n) is 1.90. The Balaban J connectivity index is 4.52. The van der Waals surface area contributed by atoms with Gasteiger partial charge in [0.15, 0.2) is 0 Å². The van der Waals surface area contributed by atoms with Crippen LogP contribution in [0.5, 0.6) is 0 Å². The molecule has 1 amide bonds. The number of unbranched alkanes of at least 4 members (excludes halogenated alkanes) is 2. The van der Waals surface area contributed by atoms with Crippen LogP contribution in [0.4, 0.5) is 0 Å². The molecule has 0 aromatic rings. The molecular weight excluding hydrogens is 226 g/mol. The van der Waals surface area contributed by atoms with Gasteiger partial charge in [0.2, 0.25) is 0 Å². The van der Waals surface area contributed by atoms with Gasteiger partial charge in [0, 0.05) is 20.1 Å². The molecule has 4 nitrogen and oxygen atoms in total. The maximum absolute atomic E-state index is 12.0. The van der Waals surface area contributed by atoms with Crippen LogP contribution in [0.15, 0.2) is 0 Å². The van der Waals surface area contributed by atoms with Crippen molar-refractivity contribution in [3.63, 3.8) is 0 Å². The van der Waals surface area contributed by atoms with Crippen LogP contribution in [0.3, 0.4) is 0 Å². The molecule has 0 bridgehead atoms. The third-order valence-corrected chi connectivity index (χ3v) is 3.05. The van der Waals surface area contributed by atoms with E-state index in [0.717, 1.165) is 51.7 Å². The molecule has 0 aliphatic carbocycles. The van der Waals surface area contributed by atoms with Crippen LogP contribution in [0.2, 0.25) is 0 Å². The standard InChI is InChI=1S/C14H31N3O/c1-5-8-11-17(12-9-6-2)13(14(18)15-4)16-10-7-3/h13,16H,5-12H2,1-4H3,(H,15,18). The number of rotatable bonds is 11. The van der Waals surface area contributed by atoms with E-state index in [-0.39, 0.29) is 12.1 Å². The van der Waals surface area contributed by atoms with Crippen molar-refractivity contribution in [2.24, 2.45) is 0 Å². The molecule has 0 heterocycles. The summed E-state index contributed by atoms with van der Waals surface area (Å²) in [5.74, 6) is 0.0793. The first-order chi connectivity index (χ1) is 8.71. The topological polar surface area (TPSA) is 44.4 Å². The Labute approximate surface area is 113 Å². The number of carbonyl (C=O) groups is 1. The third kappa shape index (κ3) is 6.97. The summed E-state index contributed by atoms with van der Waals surface area (Å²) in [7, 11) is 1.71. The van der Waals surface area contributed by atoms with Crippen molar-refractivity contribution >= 4 is 5.91 Å². The summed E-state index contributed by atoms with van der Waals surface area (Å²) in [4.78, 5) is 14.2. The summed E-state index contributed by atoms with van der Waals surface area (Å²) in [6.45, 7) is 9.36. The maximum atomic E-state index is 12.0. The highest BCUT2D eigenvalue weighted by atomic mass is 16.2. The number of carbonyl (C=O) groups excluding carboxylic acids is 1. The minimum absolute atomic E-state index is 0.0793. The fourth-order valence-corrected chi connectivity index (χ4v) is 1.90. The molecule has 1 atom stereocenters. The number of amides is 1. The Morgan fingerprint density at radius 3 is 2.00 bits per heavy atom. The van der Waals surface area contributed by atoms with E-state index in [0.29, 0.717) is 0 Å². The van der Waals surface area contributed by atoms with Gasteiger partial charge in [0.05, 0.1) is 0 Å². The first-order valence-corrected chi connectivity index (χ1v) is 7.40. The fraction of sp³-hybridized carbons (Fsp3) is 0.929. The van der Waals surface area contributed by atoms with Crippen LogP contribution in [0.1, 0.15) is 52.9 Å². The Morgan fingerprint density at radius 1 is 1.06 bits per heavy atom. The van der Waals surface area contributed by atoms with E-state index in [1.54, 1.807) is 7.05 Å². The van der Waals surface area contributed by atoms with Gasteiger partial charge >= 0.3 is 0 Å². The lowest BCUT2D eigenvalue weighted by molar-refractivity contribution is -0.127. The Hall–Kier alpha value is -0.610. The van der Waals surface area contributed by atoms with Crippen LogP contribution in [-0.4, -0.2) is 43.7 Å². The van der Waals surface area contributed by atoms with Crippen molar-refractivity contribution in [3.05, 3.63) is 0 Å². The predicted octanol–water partition coefficient (Wildman–Crippen LogP) is 1.96. The number of likely N-dealkylation sites (N-methyl/N-ethyl adjacent to an activating group) is 1. The first-order valence-electron chi connectivity index (χ1n) is 7.40. The second-order valence-corrected chi connectivity index (χ2v) is 4.71. The van der Waals surface area contributed by atoms with Crippen LogP contribution < -0.4 is 10.6 Å². The molecule has 0 radical (unpaired) electrons. The number of hydrogen-bond donors (Lipinski definition) is 2. The van der Waals surface area contributed by atoms with Crippen molar-refractivity contribution in [2.75, 3.05) is 26.7 Å². The van der Waals surface area contributed by atoms with Gasteiger partial charge < -0.3 is 5.32 Å².